The van der Waals surface area contributed by atoms with Gasteiger partial charge in [-0.15, -0.1) is 0 Å². The summed E-state index contributed by atoms with van der Waals surface area (Å²) in [4.78, 5) is 13.5. The van der Waals surface area contributed by atoms with Crippen LogP contribution >= 0.6 is 0 Å². The topological polar surface area (TPSA) is 17.1 Å². The molecule has 0 radical (unpaired) electrons. The molecule has 0 N–H and O–H groups in total. The Hall–Kier alpha value is -4.49. The third kappa shape index (κ3) is 4.37. The van der Waals surface area contributed by atoms with E-state index in [1.165, 1.54) is 0 Å². The lowest BCUT2D eigenvalue weighted by atomic mass is 9.90. The molecule has 162 valence electrons. The summed E-state index contributed by atoms with van der Waals surface area (Å²) in [7, 11) is 0. The van der Waals surface area contributed by atoms with Gasteiger partial charge in [-0.05, 0) is 51.1 Å². The maximum absolute atomic E-state index is 13.5. The minimum absolute atomic E-state index is 0.0151. The lowest BCUT2D eigenvalue weighted by Crippen LogP contribution is -2.02. The van der Waals surface area contributed by atoms with Crippen molar-refractivity contribution in [3.8, 4) is 33.4 Å². The van der Waals surface area contributed by atoms with Crippen LogP contribution in [0.5, 0.6) is 0 Å². The third-order valence-electron chi connectivity index (χ3n) is 6.06. The van der Waals surface area contributed by atoms with E-state index in [4.69, 9.17) is 0 Å². The maximum Gasteiger partial charge on any atom is 0.193 e. The molecule has 1 heteroatoms. The molecule has 0 saturated heterocycles. The number of hydrogen-bond donors (Lipinski definition) is 0. The van der Waals surface area contributed by atoms with E-state index >= 15 is 0 Å². The van der Waals surface area contributed by atoms with Crippen LogP contribution in [0.1, 0.15) is 21.5 Å². The second-order valence-electron chi connectivity index (χ2n) is 8.23. The number of carbonyl (C=O) groups is 1. The zero-order valence-electron chi connectivity index (χ0n) is 18.8. The quantitative estimate of drug-likeness (QED) is 0.244. The number of rotatable bonds is 6. The second-order valence-corrected chi connectivity index (χ2v) is 8.23. The van der Waals surface area contributed by atoms with Gasteiger partial charge in [-0.1, -0.05) is 128 Å². The minimum atomic E-state index is 0.0151. The highest BCUT2D eigenvalue weighted by atomic mass is 16.1. The largest absolute Gasteiger partial charge is 0.289 e. The first kappa shape index (κ1) is 21.4. The van der Waals surface area contributed by atoms with Crippen LogP contribution in [0.4, 0.5) is 0 Å². The first-order chi connectivity index (χ1) is 16.7. The number of carbonyl (C=O) groups excluding carboxylic acids is 1. The molecule has 5 aromatic carbocycles. The molecule has 0 aliphatic rings. The van der Waals surface area contributed by atoms with Crippen LogP contribution in [0.3, 0.4) is 0 Å². The van der Waals surface area contributed by atoms with Crippen molar-refractivity contribution in [2.24, 2.45) is 0 Å². The summed E-state index contributed by atoms with van der Waals surface area (Å²) in [6.07, 6.45) is 1.83. The van der Waals surface area contributed by atoms with Gasteiger partial charge in [0.05, 0.1) is 0 Å². The van der Waals surface area contributed by atoms with Crippen molar-refractivity contribution < 1.29 is 4.79 Å². The molecule has 0 spiro atoms. The molecule has 0 heterocycles. The predicted molar refractivity (Wildman–Crippen MR) is 143 cm³/mol. The predicted octanol–water partition coefficient (Wildman–Crippen LogP) is 8.56. The van der Waals surface area contributed by atoms with E-state index in [0.29, 0.717) is 11.1 Å². The molecule has 0 aliphatic carbocycles. The van der Waals surface area contributed by atoms with Gasteiger partial charge in [0, 0.05) is 11.1 Å². The van der Waals surface area contributed by atoms with Crippen LogP contribution in [0.2, 0.25) is 0 Å². The fraction of sp³-hybridized carbons (Fsp3) is 0. The first-order valence-electron chi connectivity index (χ1n) is 11.4. The maximum atomic E-state index is 13.5. The highest BCUT2D eigenvalue weighted by Gasteiger charge is 2.15. The second kappa shape index (κ2) is 9.56. The lowest BCUT2D eigenvalue weighted by molar-refractivity contribution is 0.103. The Labute approximate surface area is 200 Å². The van der Waals surface area contributed by atoms with Gasteiger partial charge in [-0.25, -0.2) is 0 Å². The Kier molecular flexibility index (Phi) is 6.01. The fourth-order valence-electron chi connectivity index (χ4n) is 4.23. The summed E-state index contributed by atoms with van der Waals surface area (Å²) in [5, 5.41) is 0. The third-order valence-corrected chi connectivity index (χ3v) is 6.06. The standard InChI is InChI=1S/C33H24O/c1-2-24-16-18-25(19-17-24)28-14-9-15-29(22-28)33(34)30-20-21-31(26-10-5-3-6-11-26)32(23-30)27-12-7-4-8-13-27/h2-23H,1H2. The molecule has 0 fully saturated rings. The van der Waals surface area contributed by atoms with Gasteiger partial charge >= 0.3 is 0 Å². The van der Waals surface area contributed by atoms with Crippen LogP contribution in [-0.2, 0) is 0 Å². The molecular formula is C33H24O. The molecule has 0 amide bonds. The van der Waals surface area contributed by atoms with Gasteiger partial charge in [0.2, 0.25) is 0 Å². The first-order valence-corrected chi connectivity index (χ1v) is 11.4. The molecule has 0 aliphatic heterocycles. The Morgan fingerprint density at radius 3 is 1.74 bits per heavy atom. The molecule has 0 saturated carbocycles. The summed E-state index contributed by atoms with van der Waals surface area (Å²) in [5.41, 5.74) is 8.90. The van der Waals surface area contributed by atoms with E-state index in [-0.39, 0.29) is 5.78 Å². The van der Waals surface area contributed by atoms with Crippen LogP contribution in [0.25, 0.3) is 39.5 Å². The number of ketones is 1. The molecule has 5 aromatic rings. The average molecular weight is 437 g/mol. The number of benzene rings is 5. The Morgan fingerprint density at radius 2 is 1.09 bits per heavy atom. The molecule has 0 bridgehead atoms. The molecular weight excluding hydrogens is 412 g/mol. The Morgan fingerprint density at radius 1 is 0.500 bits per heavy atom. The summed E-state index contributed by atoms with van der Waals surface area (Å²) >= 11 is 0. The molecule has 0 aromatic heterocycles. The molecule has 34 heavy (non-hydrogen) atoms. The summed E-state index contributed by atoms with van der Waals surface area (Å²) in [6.45, 7) is 3.81. The van der Waals surface area contributed by atoms with Gasteiger partial charge in [-0.3, -0.25) is 4.79 Å². The molecule has 1 nitrogen and oxygen atoms in total. The van der Waals surface area contributed by atoms with Gasteiger partial charge in [-0.2, -0.15) is 0 Å². The van der Waals surface area contributed by atoms with E-state index in [1.807, 2.05) is 91.0 Å². The van der Waals surface area contributed by atoms with E-state index < -0.39 is 0 Å². The van der Waals surface area contributed by atoms with E-state index in [1.54, 1.807) is 0 Å². The normalized spacial score (nSPS) is 10.6. The van der Waals surface area contributed by atoms with E-state index in [9.17, 15) is 4.79 Å². The zero-order valence-corrected chi connectivity index (χ0v) is 18.8. The van der Waals surface area contributed by atoms with Gasteiger partial charge in [0.25, 0.3) is 0 Å². The summed E-state index contributed by atoms with van der Waals surface area (Å²) < 4.78 is 0. The van der Waals surface area contributed by atoms with Crippen molar-refractivity contribution in [1.29, 1.82) is 0 Å². The lowest BCUT2D eigenvalue weighted by Gasteiger charge is -2.13. The zero-order chi connectivity index (χ0) is 23.3. The SMILES string of the molecule is C=Cc1ccc(-c2cccc(C(=O)c3ccc(-c4ccccc4)c(-c4ccccc4)c3)c2)cc1. The van der Waals surface area contributed by atoms with Gasteiger partial charge < -0.3 is 0 Å². The van der Waals surface area contributed by atoms with Crippen LogP contribution in [0.15, 0.2) is 134 Å². The Balaban J connectivity index is 1.55. The molecule has 5 rings (SSSR count). The molecule has 0 unspecified atom stereocenters. The monoisotopic (exact) mass is 436 g/mol. The van der Waals surface area contributed by atoms with Crippen molar-refractivity contribution in [2.75, 3.05) is 0 Å². The van der Waals surface area contributed by atoms with Crippen molar-refractivity contribution in [3.63, 3.8) is 0 Å². The van der Waals surface area contributed by atoms with Crippen molar-refractivity contribution >= 4 is 11.9 Å². The molecule has 0 atom stereocenters. The highest BCUT2D eigenvalue weighted by Crippen LogP contribution is 2.33. The smallest absolute Gasteiger partial charge is 0.193 e. The number of hydrogen-bond acceptors (Lipinski definition) is 1. The van der Waals surface area contributed by atoms with E-state index in [0.717, 1.165) is 38.9 Å². The van der Waals surface area contributed by atoms with Crippen molar-refractivity contribution in [2.45, 2.75) is 0 Å². The fourth-order valence-corrected chi connectivity index (χ4v) is 4.23. The van der Waals surface area contributed by atoms with Gasteiger partial charge in [0.1, 0.15) is 0 Å². The summed E-state index contributed by atoms with van der Waals surface area (Å²) in [6, 6.07) is 42.6. The highest BCUT2D eigenvalue weighted by molar-refractivity contribution is 6.10. The average Bonchev–Trinajstić information content (AvgIpc) is 2.93. The van der Waals surface area contributed by atoms with Crippen molar-refractivity contribution in [3.05, 3.63) is 151 Å². The minimum Gasteiger partial charge on any atom is -0.289 e. The van der Waals surface area contributed by atoms with Crippen LogP contribution in [0, 0.1) is 0 Å². The van der Waals surface area contributed by atoms with Crippen molar-refractivity contribution in [1.82, 2.24) is 0 Å². The summed E-state index contributed by atoms with van der Waals surface area (Å²) in [5.74, 6) is 0.0151. The van der Waals surface area contributed by atoms with Gasteiger partial charge in [0.15, 0.2) is 5.78 Å². The van der Waals surface area contributed by atoms with E-state index in [2.05, 4.69) is 49.0 Å². The van der Waals surface area contributed by atoms with Crippen LogP contribution < -0.4 is 0 Å². The Bertz CT molecular complexity index is 1450. The van der Waals surface area contributed by atoms with Crippen LogP contribution in [-0.4, -0.2) is 5.78 Å².